The van der Waals surface area contributed by atoms with Crippen molar-refractivity contribution in [1.29, 1.82) is 0 Å². The second kappa shape index (κ2) is 12.6. The van der Waals surface area contributed by atoms with E-state index in [4.69, 9.17) is 4.74 Å². The van der Waals surface area contributed by atoms with Gasteiger partial charge in [-0.2, -0.15) is 5.10 Å². The number of ether oxygens (including phenoxy) is 1. The van der Waals surface area contributed by atoms with E-state index in [-0.39, 0.29) is 5.91 Å². The van der Waals surface area contributed by atoms with Gasteiger partial charge in [-0.3, -0.25) is 9.89 Å². The predicted octanol–water partition coefficient (Wildman–Crippen LogP) is 3.40. The van der Waals surface area contributed by atoms with Crippen molar-refractivity contribution in [2.75, 3.05) is 40.3 Å². The van der Waals surface area contributed by atoms with Crippen LogP contribution in [0.2, 0.25) is 0 Å². The highest BCUT2D eigenvalue weighted by molar-refractivity contribution is 5.76. The van der Waals surface area contributed by atoms with E-state index in [1.165, 1.54) is 11.3 Å². The van der Waals surface area contributed by atoms with Crippen molar-refractivity contribution in [1.82, 2.24) is 25.3 Å². The van der Waals surface area contributed by atoms with Crippen LogP contribution in [0.4, 0.5) is 0 Å². The van der Waals surface area contributed by atoms with Gasteiger partial charge >= 0.3 is 0 Å². The van der Waals surface area contributed by atoms with Crippen LogP contribution in [-0.2, 0) is 11.3 Å². The molecule has 0 aliphatic heterocycles. The highest BCUT2D eigenvalue weighted by Gasteiger charge is 2.30. The molecule has 1 aromatic carbocycles. The monoisotopic (exact) mass is 441 g/mol. The average Bonchev–Trinajstić information content (AvgIpc) is 3.29. The number of nitrogens with one attached hydrogen (secondary N) is 2. The van der Waals surface area contributed by atoms with E-state index >= 15 is 0 Å². The molecule has 1 saturated carbocycles. The van der Waals surface area contributed by atoms with Crippen molar-refractivity contribution in [3.63, 3.8) is 0 Å². The largest absolute Gasteiger partial charge is 0.492 e. The number of aromatic amines is 1. The summed E-state index contributed by atoms with van der Waals surface area (Å²) >= 11 is 0. The van der Waals surface area contributed by atoms with Crippen LogP contribution in [0, 0.1) is 0 Å². The zero-order valence-electron chi connectivity index (χ0n) is 19.8. The summed E-state index contributed by atoms with van der Waals surface area (Å²) in [6.45, 7) is 6.00. The second-order valence-corrected chi connectivity index (χ2v) is 8.74. The normalized spacial score (nSPS) is 18.6. The number of nitrogens with zero attached hydrogens (tertiary/aromatic N) is 3. The molecule has 7 heteroatoms. The minimum atomic E-state index is 0.219. The fraction of sp³-hybridized carbons (Fsp3) is 0.600. The van der Waals surface area contributed by atoms with Crippen molar-refractivity contribution in [2.45, 2.75) is 57.5 Å². The molecule has 176 valence electrons. The van der Waals surface area contributed by atoms with Crippen LogP contribution in [-0.4, -0.2) is 72.3 Å². The summed E-state index contributed by atoms with van der Waals surface area (Å²) in [5.74, 6) is 1.53. The lowest BCUT2D eigenvalue weighted by Gasteiger charge is -2.37. The molecule has 3 rings (SSSR count). The molecule has 7 nitrogen and oxygen atoms in total. The topological polar surface area (TPSA) is 73.5 Å². The first-order chi connectivity index (χ1) is 15.6. The number of carbonyl (C=O) groups is 1. The second-order valence-electron chi connectivity index (χ2n) is 8.74. The Morgan fingerprint density at radius 2 is 1.94 bits per heavy atom. The fourth-order valence-electron chi connectivity index (χ4n) is 4.63. The third kappa shape index (κ3) is 6.81. The smallest absolute Gasteiger partial charge is 0.222 e. The standard InChI is InChI=1S/C25H39N5O2/c1-4-24(31)30(16-17-32-23-8-6-5-7-9-23)22-12-10-20(11-13-22)25-21(18-27-28-25)19-29(3)15-14-26-2/h5-9,18,20,22,26H,4,10-17,19H2,1-3H3,(H,27,28)/t20-,22-. The number of hydrogen-bond donors (Lipinski definition) is 2. The van der Waals surface area contributed by atoms with E-state index < -0.39 is 0 Å². The number of hydrogen-bond acceptors (Lipinski definition) is 5. The van der Waals surface area contributed by atoms with Crippen LogP contribution in [0.25, 0.3) is 0 Å². The number of rotatable bonds is 12. The minimum Gasteiger partial charge on any atom is -0.492 e. The summed E-state index contributed by atoms with van der Waals surface area (Å²) in [5, 5.41) is 10.9. The Bertz CT molecular complexity index is 802. The SMILES string of the molecule is CCC(=O)N(CCOc1ccccc1)[C@H]1CC[C@H](c2n[nH]cc2CN(C)CCNC)CC1. The number of amides is 1. The Labute approximate surface area is 192 Å². The molecule has 0 unspecified atom stereocenters. The summed E-state index contributed by atoms with van der Waals surface area (Å²) in [5.41, 5.74) is 2.50. The number of likely N-dealkylation sites (N-methyl/N-ethyl adjacent to an activating group) is 2. The summed E-state index contributed by atoms with van der Waals surface area (Å²) in [6, 6.07) is 10.1. The average molecular weight is 442 g/mol. The number of H-pyrrole nitrogens is 1. The summed E-state index contributed by atoms with van der Waals surface area (Å²) < 4.78 is 5.87. The molecule has 1 fully saturated rings. The first kappa shape index (κ1) is 24.3. The van der Waals surface area contributed by atoms with E-state index in [0.717, 1.165) is 51.1 Å². The third-order valence-corrected chi connectivity index (χ3v) is 6.43. The Morgan fingerprint density at radius 3 is 2.62 bits per heavy atom. The molecule has 32 heavy (non-hydrogen) atoms. The van der Waals surface area contributed by atoms with Gasteiger partial charge in [0.1, 0.15) is 12.4 Å². The Balaban J connectivity index is 1.53. The molecule has 1 amide bonds. The summed E-state index contributed by atoms with van der Waals surface area (Å²) in [4.78, 5) is 17.0. The van der Waals surface area contributed by atoms with E-state index in [1.54, 1.807) is 0 Å². The van der Waals surface area contributed by atoms with Gasteiger partial charge in [0.15, 0.2) is 0 Å². The predicted molar refractivity (Wildman–Crippen MR) is 128 cm³/mol. The van der Waals surface area contributed by atoms with Gasteiger partial charge < -0.3 is 19.9 Å². The van der Waals surface area contributed by atoms with Gasteiger partial charge in [0, 0.05) is 49.8 Å². The number of carbonyl (C=O) groups excluding carboxylic acids is 1. The summed E-state index contributed by atoms with van der Waals surface area (Å²) in [7, 11) is 4.13. The van der Waals surface area contributed by atoms with Gasteiger partial charge in [-0.05, 0) is 51.9 Å². The van der Waals surface area contributed by atoms with Crippen molar-refractivity contribution in [2.24, 2.45) is 0 Å². The van der Waals surface area contributed by atoms with Crippen molar-refractivity contribution < 1.29 is 9.53 Å². The molecule has 1 heterocycles. The zero-order chi connectivity index (χ0) is 22.8. The lowest BCUT2D eigenvalue weighted by molar-refractivity contribution is -0.134. The van der Waals surface area contributed by atoms with Crippen LogP contribution >= 0.6 is 0 Å². The van der Waals surface area contributed by atoms with Crippen LogP contribution in [0.1, 0.15) is 56.2 Å². The molecule has 0 saturated heterocycles. The molecule has 0 atom stereocenters. The number of para-hydroxylation sites is 1. The van der Waals surface area contributed by atoms with Gasteiger partial charge in [0.2, 0.25) is 5.91 Å². The maximum atomic E-state index is 12.7. The lowest BCUT2D eigenvalue weighted by atomic mass is 9.82. The maximum absolute atomic E-state index is 12.7. The highest BCUT2D eigenvalue weighted by Crippen LogP contribution is 2.35. The Hall–Kier alpha value is -2.38. The quantitative estimate of drug-likeness (QED) is 0.528. The highest BCUT2D eigenvalue weighted by atomic mass is 16.5. The van der Waals surface area contributed by atoms with Gasteiger partial charge in [-0.15, -0.1) is 0 Å². The molecule has 2 N–H and O–H groups in total. The number of aromatic nitrogens is 2. The van der Waals surface area contributed by atoms with E-state index in [9.17, 15) is 4.79 Å². The minimum absolute atomic E-state index is 0.219. The zero-order valence-corrected chi connectivity index (χ0v) is 19.8. The van der Waals surface area contributed by atoms with Crippen molar-refractivity contribution in [3.05, 3.63) is 47.8 Å². The lowest BCUT2D eigenvalue weighted by Crippen LogP contribution is -2.44. The van der Waals surface area contributed by atoms with E-state index in [2.05, 4.69) is 32.4 Å². The number of benzene rings is 1. The first-order valence-electron chi connectivity index (χ1n) is 11.9. The third-order valence-electron chi connectivity index (χ3n) is 6.43. The molecule has 2 aromatic rings. The van der Waals surface area contributed by atoms with Crippen LogP contribution < -0.4 is 10.1 Å². The molecule has 0 bridgehead atoms. The molecule has 0 radical (unpaired) electrons. The molecule has 1 aliphatic rings. The Morgan fingerprint density at radius 1 is 1.19 bits per heavy atom. The first-order valence-corrected chi connectivity index (χ1v) is 11.9. The fourth-order valence-corrected chi connectivity index (χ4v) is 4.63. The molecular formula is C25H39N5O2. The van der Waals surface area contributed by atoms with Gasteiger partial charge in [0.05, 0.1) is 12.2 Å². The molecule has 1 aliphatic carbocycles. The van der Waals surface area contributed by atoms with Gasteiger partial charge in [0.25, 0.3) is 0 Å². The molecular weight excluding hydrogens is 402 g/mol. The van der Waals surface area contributed by atoms with Crippen molar-refractivity contribution in [3.8, 4) is 5.75 Å². The van der Waals surface area contributed by atoms with E-state index in [1.807, 2.05) is 50.5 Å². The van der Waals surface area contributed by atoms with Crippen LogP contribution in [0.3, 0.4) is 0 Å². The van der Waals surface area contributed by atoms with Crippen LogP contribution in [0.5, 0.6) is 5.75 Å². The Kier molecular flexibility index (Phi) is 9.56. The van der Waals surface area contributed by atoms with Gasteiger partial charge in [-0.25, -0.2) is 0 Å². The van der Waals surface area contributed by atoms with Crippen molar-refractivity contribution >= 4 is 5.91 Å². The summed E-state index contributed by atoms with van der Waals surface area (Å²) in [6.07, 6.45) is 6.75. The maximum Gasteiger partial charge on any atom is 0.222 e. The molecule has 0 spiro atoms. The van der Waals surface area contributed by atoms with E-state index in [0.29, 0.717) is 31.5 Å². The van der Waals surface area contributed by atoms with Crippen LogP contribution in [0.15, 0.2) is 36.5 Å². The van der Waals surface area contributed by atoms with Gasteiger partial charge in [-0.1, -0.05) is 25.1 Å². The molecule has 1 aromatic heterocycles.